The summed E-state index contributed by atoms with van der Waals surface area (Å²) in [6, 6.07) is 9.34. The summed E-state index contributed by atoms with van der Waals surface area (Å²) in [5.41, 5.74) is 2.01. The number of benzene rings is 2. The lowest BCUT2D eigenvalue weighted by Gasteiger charge is -2.09. The van der Waals surface area contributed by atoms with E-state index in [1.54, 1.807) is 18.2 Å². The van der Waals surface area contributed by atoms with Gasteiger partial charge in [-0.05, 0) is 42.8 Å². The van der Waals surface area contributed by atoms with Crippen LogP contribution in [-0.4, -0.2) is 13.4 Å². The van der Waals surface area contributed by atoms with E-state index in [9.17, 15) is 13.2 Å². The first kappa shape index (κ1) is 14.9. The molecule has 0 saturated carbocycles. The van der Waals surface area contributed by atoms with Crippen LogP contribution in [0.2, 0.25) is 0 Å². The molecule has 1 heterocycles. The number of halogens is 1. The third kappa shape index (κ3) is 2.79. The number of nitrogens with one attached hydrogen (secondary N) is 2. The second-order valence-electron chi connectivity index (χ2n) is 4.74. The molecule has 0 unspecified atom stereocenters. The molecule has 6 nitrogen and oxygen atoms in total. The van der Waals surface area contributed by atoms with Crippen molar-refractivity contribution in [2.75, 3.05) is 4.72 Å². The molecule has 0 amide bonds. The first-order chi connectivity index (χ1) is 10.3. The topological polar surface area (TPSA) is 92.2 Å². The fraction of sp³-hybridized carbons (Fsp3) is 0.0714. The highest BCUT2D eigenvalue weighted by Crippen LogP contribution is 2.23. The number of oxazole rings is 1. The van der Waals surface area contributed by atoms with Crippen molar-refractivity contribution >= 4 is 42.7 Å². The van der Waals surface area contributed by atoms with Crippen LogP contribution in [0.15, 0.2) is 55.0 Å². The van der Waals surface area contributed by atoms with Crippen LogP contribution in [0.4, 0.5) is 5.69 Å². The van der Waals surface area contributed by atoms with Gasteiger partial charge in [0.05, 0.1) is 10.4 Å². The maximum absolute atomic E-state index is 12.4. The Hall–Kier alpha value is -2.06. The van der Waals surface area contributed by atoms with Crippen LogP contribution < -0.4 is 10.5 Å². The number of fused-ring (bicyclic) bond motifs is 1. The molecular formula is C14H11BrN2O4S. The number of aryl methyl sites for hydroxylation is 1. The number of hydrogen-bond acceptors (Lipinski definition) is 4. The third-order valence-corrected chi connectivity index (χ3v) is 5.38. The Morgan fingerprint density at radius 3 is 2.68 bits per heavy atom. The van der Waals surface area contributed by atoms with E-state index in [2.05, 4.69) is 25.6 Å². The predicted octanol–water partition coefficient (Wildman–Crippen LogP) is 2.99. The van der Waals surface area contributed by atoms with Crippen LogP contribution in [0.3, 0.4) is 0 Å². The lowest BCUT2D eigenvalue weighted by molar-refractivity contribution is 0.554. The molecule has 114 valence electrons. The molecular weight excluding hydrogens is 372 g/mol. The van der Waals surface area contributed by atoms with Crippen LogP contribution in [0.25, 0.3) is 11.1 Å². The van der Waals surface area contributed by atoms with Crippen LogP contribution in [0.1, 0.15) is 5.56 Å². The maximum atomic E-state index is 12.4. The summed E-state index contributed by atoms with van der Waals surface area (Å²) in [5, 5.41) is 0. The molecule has 0 radical (unpaired) electrons. The minimum absolute atomic E-state index is 0.0170. The summed E-state index contributed by atoms with van der Waals surface area (Å²) in [7, 11) is -3.77. The first-order valence-electron chi connectivity index (χ1n) is 6.27. The van der Waals surface area contributed by atoms with Crippen LogP contribution in [-0.2, 0) is 10.0 Å². The SMILES string of the molecule is Cc1cc(NS(=O)(=O)c2ccc3[nH]c(=O)oc3c2)ccc1Br. The Balaban J connectivity index is 1.99. The number of hydrogen-bond donors (Lipinski definition) is 2. The molecule has 1 aromatic heterocycles. The molecule has 0 aliphatic rings. The van der Waals surface area contributed by atoms with E-state index in [1.165, 1.54) is 18.2 Å². The summed E-state index contributed by atoms with van der Waals surface area (Å²) < 4.78 is 33.1. The molecule has 3 aromatic rings. The second-order valence-corrected chi connectivity index (χ2v) is 7.28. The zero-order valence-corrected chi connectivity index (χ0v) is 13.8. The molecule has 0 spiro atoms. The summed E-state index contributed by atoms with van der Waals surface area (Å²) in [6.45, 7) is 1.86. The quantitative estimate of drug-likeness (QED) is 0.727. The van der Waals surface area contributed by atoms with Crippen LogP contribution in [0.5, 0.6) is 0 Å². The summed E-state index contributed by atoms with van der Waals surface area (Å²) in [5.74, 6) is -0.624. The molecule has 3 rings (SSSR count). The minimum Gasteiger partial charge on any atom is -0.408 e. The highest BCUT2D eigenvalue weighted by molar-refractivity contribution is 9.10. The van der Waals surface area contributed by atoms with Gasteiger partial charge in [-0.1, -0.05) is 15.9 Å². The van der Waals surface area contributed by atoms with E-state index in [0.717, 1.165) is 10.0 Å². The average Bonchev–Trinajstić information content (AvgIpc) is 2.81. The van der Waals surface area contributed by atoms with Crippen molar-refractivity contribution in [3.63, 3.8) is 0 Å². The molecule has 0 aliphatic carbocycles. The van der Waals surface area contributed by atoms with Gasteiger partial charge in [0.1, 0.15) is 0 Å². The second kappa shape index (κ2) is 5.29. The van der Waals surface area contributed by atoms with E-state index < -0.39 is 15.8 Å². The van der Waals surface area contributed by atoms with Crippen molar-refractivity contribution in [2.24, 2.45) is 0 Å². The van der Waals surface area contributed by atoms with Gasteiger partial charge in [-0.25, -0.2) is 13.2 Å². The normalized spacial score (nSPS) is 11.7. The van der Waals surface area contributed by atoms with Gasteiger partial charge in [0.25, 0.3) is 10.0 Å². The fourth-order valence-electron chi connectivity index (χ4n) is 2.02. The lowest BCUT2D eigenvalue weighted by atomic mass is 10.2. The molecule has 8 heteroatoms. The standard InChI is InChI=1S/C14H11BrN2O4S/c1-8-6-9(2-4-11(8)15)17-22(19,20)10-3-5-12-13(7-10)21-14(18)16-12/h2-7,17H,1H3,(H,16,18). The first-order valence-corrected chi connectivity index (χ1v) is 8.55. The maximum Gasteiger partial charge on any atom is 0.417 e. The number of sulfonamides is 1. The molecule has 2 aromatic carbocycles. The molecule has 0 saturated heterocycles. The summed E-state index contributed by atoms with van der Waals surface area (Å²) >= 11 is 3.36. The highest BCUT2D eigenvalue weighted by Gasteiger charge is 2.16. The van der Waals surface area contributed by atoms with Gasteiger partial charge in [0, 0.05) is 16.2 Å². The van der Waals surface area contributed by atoms with Gasteiger partial charge in [0.2, 0.25) is 0 Å². The number of anilines is 1. The lowest BCUT2D eigenvalue weighted by Crippen LogP contribution is -2.12. The van der Waals surface area contributed by atoms with E-state index in [-0.39, 0.29) is 10.5 Å². The number of aromatic amines is 1. The van der Waals surface area contributed by atoms with Crippen molar-refractivity contribution in [1.82, 2.24) is 4.98 Å². The van der Waals surface area contributed by atoms with Crippen LogP contribution >= 0.6 is 15.9 Å². The highest BCUT2D eigenvalue weighted by atomic mass is 79.9. The van der Waals surface area contributed by atoms with Gasteiger partial charge >= 0.3 is 5.76 Å². The Morgan fingerprint density at radius 1 is 1.18 bits per heavy atom. The van der Waals surface area contributed by atoms with Crippen LogP contribution in [0, 0.1) is 6.92 Å². The fourth-order valence-corrected chi connectivity index (χ4v) is 3.33. The van der Waals surface area contributed by atoms with Gasteiger partial charge < -0.3 is 4.42 Å². The van der Waals surface area contributed by atoms with Crippen molar-refractivity contribution < 1.29 is 12.8 Å². The Morgan fingerprint density at radius 2 is 1.95 bits per heavy atom. The van der Waals surface area contributed by atoms with Gasteiger partial charge in [-0.15, -0.1) is 0 Å². The van der Waals surface area contributed by atoms with E-state index >= 15 is 0 Å². The zero-order valence-electron chi connectivity index (χ0n) is 11.4. The Kier molecular flexibility index (Phi) is 3.57. The Bertz CT molecular complexity index is 1020. The zero-order chi connectivity index (χ0) is 15.9. The minimum atomic E-state index is -3.77. The van der Waals surface area contributed by atoms with Crippen molar-refractivity contribution in [2.45, 2.75) is 11.8 Å². The Labute approximate surface area is 134 Å². The number of H-pyrrole nitrogens is 1. The van der Waals surface area contributed by atoms with Gasteiger partial charge in [-0.2, -0.15) is 0 Å². The van der Waals surface area contributed by atoms with Crippen molar-refractivity contribution in [3.8, 4) is 0 Å². The molecule has 22 heavy (non-hydrogen) atoms. The number of aromatic nitrogens is 1. The predicted molar refractivity (Wildman–Crippen MR) is 86.5 cm³/mol. The van der Waals surface area contributed by atoms with E-state index in [4.69, 9.17) is 4.42 Å². The monoisotopic (exact) mass is 382 g/mol. The molecule has 2 N–H and O–H groups in total. The largest absolute Gasteiger partial charge is 0.417 e. The van der Waals surface area contributed by atoms with Gasteiger partial charge in [0.15, 0.2) is 5.58 Å². The average molecular weight is 383 g/mol. The van der Waals surface area contributed by atoms with E-state index in [1.807, 2.05) is 6.92 Å². The third-order valence-electron chi connectivity index (χ3n) is 3.11. The molecule has 0 atom stereocenters. The van der Waals surface area contributed by atoms with Crippen molar-refractivity contribution in [1.29, 1.82) is 0 Å². The number of rotatable bonds is 3. The molecule has 0 aliphatic heterocycles. The van der Waals surface area contributed by atoms with Gasteiger partial charge in [-0.3, -0.25) is 9.71 Å². The molecule has 0 bridgehead atoms. The summed E-state index contributed by atoms with van der Waals surface area (Å²) in [6.07, 6.45) is 0. The van der Waals surface area contributed by atoms with E-state index in [0.29, 0.717) is 11.2 Å². The summed E-state index contributed by atoms with van der Waals surface area (Å²) in [4.78, 5) is 13.6. The van der Waals surface area contributed by atoms with Crippen molar-refractivity contribution in [3.05, 3.63) is 57.0 Å². The molecule has 0 fully saturated rings. The smallest absolute Gasteiger partial charge is 0.408 e.